The van der Waals surface area contributed by atoms with Crippen LogP contribution in [0.25, 0.3) is 11.0 Å². The van der Waals surface area contributed by atoms with E-state index in [-0.39, 0.29) is 5.28 Å². The molecule has 0 aliphatic carbocycles. The van der Waals surface area contributed by atoms with Gasteiger partial charge in [-0.3, -0.25) is 4.68 Å². The van der Waals surface area contributed by atoms with Gasteiger partial charge in [0.1, 0.15) is 11.0 Å². The highest BCUT2D eigenvalue weighted by atomic mass is 79.9. The first kappa shape index (κ1) is 8.71. The number of anilines is 1. The van der Waals surface area contributed by atoms with Crippen LogP contribution in [0.5, 0.6) is 0 Å². The Labute approximate surface area is 87.0 Å². The smallest absolute Gasteiger partial charge is 0.225 e. The fraction of sp³-hybridized carbons (Fsp3) is 0.167. The Morgan fingerprint density at radius 3 is 2.85 bits per heavy atom. The zero-order valence-corrected chi connectivity index (χ0v) is 8.96. The third-order valence-electron chi connectivity index (χ3n) is 1.64. The van der Waals surface area contributed by atoms with Crippen molar-refractivity contribution in [2.24, 2.45) is 7.05 Å². The van der Waals surface area contributed by atoms with Crippen LogP contribution in [-0.4, -0.2) is 19.7 Å². The van der Waals surface area contributed by atoms with Crippen LogP contribution in [0.1, 0.15) is 0 Å². The summed E-state index contributed by atoms with van der Waals surface area (Å²) in [6.45, 7) is 0. The topological polar surface area (TPSA) is 69.6 Å². The van der Waals surface area contributed by atoms with E-state index < -0.39 is 0 Å². The van der Waals surface area contributed by atoms with Crippen LogP contribution in [0.4, 0.5) is 5.82 Å². The SMILES string of the molecule is Cn1nc(Br)c2nc(Cl)nc(N)c21. The molecule has 0 atom stereocenters. The largest absolute Gasteiger partial charge is 0.382 e. The summed E-state index contributed by atoms with van der Waals surface area (Å²) < 4.78 is 2.21. The fourth-order valence-electron chi connectivity index (χ4n) is 1.14. The molecule has 2 heterocycles. The average Bonchev–Trinajstić information content (AvgIpc) is 2.27. The second kappa shape index (κ2) is 2.81. The minimum Gasteiger partial charge on any atom is -0.382 e. The van der Waals surface area contributed by atoms with E-state index in [0.29, 0.717) is 21.5 Å². The van der Waals surface area contributed by atoms with Gasteiger partial charge in [0.05, 0.1) is 0 Å². The molecule has 0 unspecified atom stereocenters. The van der Waals surface area contributed by atoms with E-state index in [9.17, 15) is 0 Å². The molecule has 0 spiro atoms. The zero-order chi connectivity index (χ0) is 9.59. The highest BCUT2D eigenvalue weighted by molar-refractivity contribution is 9.10. The molecule has 5 nitrogen and oxygen atoms in total. The van der Waals surface area contributed by atoms with Gasteiger partial charge in [-0.15, -0.1) is 0 Å². The van der Waals surface area contributed by atoms with Gasteiger partial charge in [-0.25, -0.2) is 4.98 Å². The Kier molecular flexibility index (Phi) is 1.88. The summed E-state index contributed by atoms with van der Waals surface area (Å²) >= 11 is 8.89. The Hall–Kier alpha value is -0.880. The summed E-state index contributed by atoms with van der Waals surface area (Å²) in [4.78, 5) is 7.83. The molecule has 7 heteroatoms. The summed E-state index contributed by atoms with van der Waals surface area (Å²) in [5, 5.41) is 4.21. The Balaban J connectivity index is 2.97. The molecular formula is C6H5BrClN5. The molecule has 0 radical (unpaired) electrons. The van der Waals surface area contributed by atoms with Gasteiger partial charge in [0.15, 0.2) is 10.4 Å². The number of hydrogen-bond acceptors (Lipinski definition) is 4. The van der Waals surface area contributed by atoms with Gasteiger partial charge in [-0.1, -0.05) is 0 Å². The van der Waals surface area contributed by atoms with Gasteiger partial charge >= 0.3 is 0 Å². The van der Waals surface area contributed by atoms with Gasteiger partial charge in [0.25, 0.3) is 0 Å². The number of nitrogens with two attached hydrogens (primary N) is 1. The molecule has 68 valence electrons. The molecule has 0 saturated carbocycles. The van der Waals surface area contributed by atoms with Crippen molar-refractivity contribution in [3.63, 3.8) is 0 Å². The minimum absolute atomic E-state index is 0.124. The lowest BCUT2D eigenvalue weighted by Gasteiger charge is -1.97. The Bertz CT molecular complexity index is 479. The third kappa shape index (κ3) is 1.26. The number of hydrogen-bond donors (Lipinski definition) is 1. The normalized spacial score (nSPS) is 11.0. The van der Waals surface area contributed by atoms with Gasteiger partial charge in [-0.05, 0) is 27.5 Å². The van der Waals surface area contributed by atoms with Crippen LogP contribution in [0.3, 0.4) is 0 Å². The van der Waals surface area contributed by atoms with E-state index in [1.807, 2.05) is 0 Å². The van der Waals surface area contributed by atoms with Crippen LogP contribution in [0, 0.1) is 0 Å². The number of aromatic nitrogens is 4. The first-order valence-corrected chi connectivity index (χ1v) is 4.58. The van der Waals surface area contributed by atoms with Crippen LogP contribution < -0.4 is 5.73 Å². The summed E-state index contributed by atoms with van der Waals surface area (Å²) in [6, 6.07) is 0. The maximum Gasteiger partial charge on any atom is 0.225 e. The quantitative estimate of drug-likeness (QED) is 0.728. The van der Waals surface area contributed by atoms with E-state index >= 15 is 0 Å². The number of rotatable bonds is 0. The minimum atomic E-state index is 0.124. The fourth-order valence-corrected chi connectivity index (χ4v) is 1.83. The molecule has 0 fully saturated rings. The number of nitrogen functional groups attached to an aromatic ring is 1. The lowest BCUT2D eigenvalue weighted by atomic mass is 10.4. The first-order chi connectivity index (χ1) is 6.09. The second-order valence-electron chi connectivity index (χ2n) is 2.49. The van der Waals surface area contributed by atoms with Gasteiger partial charge in [-0.2, -0.15) is 10.1 Å². The van der Waals surface area contributed by atoms with Crippen molar-refractivity contribution in [3.05, 3.63) is 9.89 Å². The number of nitrogens with zero attached hydrogens (tertiary/aromatic N) is 4. The van der Waals surface area contributed by atoms with Crippen LogP contribution in [0.15, 0.2) is 4.60 Å². The summed E-state index contributed by atoms with van der Waals surface area (Å²) in [5.74, 6) is 0.329. The maximum atomic E-state index is 5.65. The van der Waals surface area contributed by atoms with Gasteiger partial charge in [0, 0.05) is 7.05 Å². The van der Waals surface area contributed by atoms with Crippen LogP contribution >= 0.6 is 27.5 Å². The standard InChI is InChI=1S/C6H5BrClN5/c1-13-3-2(4(7)12-13)10-6(8)11-5(3)9/h1H3,(H2,9,10,11). The molecule has 0 aliphatic rings. The molecule has 2 N–H and O–H groups in total. The van der Waals surface area contributed by atoms with Crippen molar-refractivity contribution in [3.8, 4) is 0 Å². The molecule has 0 aromatic carbocycles. The maximum absolute atomic E-state index is 5.65. The molecule has 0 bridgehead atoms. The Morgan fingerprint density at radius 1 is 1.46 bits per heavy atom. The molecule has 2 aromatic rings. The first-order valence-electron chi connectivity index (χ1n) is 3.41. The highest BCUT2D eigenvalue weighted by Gasteiger charge is 2.12. The molecule has 2 aromatic heterocycles. The molecule has 2 rings (SSSR count). The molecule has 13 heavy (non-hydrogen) atoms. The third-order valence-corrected chi connectivity index (χ3v) is 2.34. The summed E-state index contributed by atoms with van der Waals surface area (Å²) in [6.07, 6.45) is 0. The lowest BCUT2D eigenvalue weighted by molar-refractivity contribution is 0.788. The number of aryl methyl sites for hydroxylation is 1. The van der Waals surface area contributed by atoms with E-state index in [0.717, 1.165) is 0 Å². The van der Waals surface area contributed by atoms with Gasteiger partial charge < -0.3 is 5.73 Å². The zero-order valence-electron chi connectivity index (χ0n) is 6.62. The monoisotopic (exact) mass is 261 g/mol. The van der Waals surface area contributed by atoms with Crippen LogP contribution in [0.2, 0.25) is 5.28 Å². The number of halogens is 2. The molecular weight excluding hydrogens is 257 g/mol. The summed E-state index contributed by atoms with van der Waals surface area (Å²) in [7, 11) is 1.76. The van der Waals surface area contributed by atoms with Crippen molar-refractivity contribution >= 4 is 44.4 Å². The summed E-state index contributed by atoms with van der Waals surface area (Å²) in [5.41, 5.74) is 6.96. The molecule has 0 amide bonds. The average molecular weight is 262 g/mol. The number of fused-ring (bicyclic) bond motifs is 1. The van der Waals surface area contributed by atoms with E-state index in [1.54, 1.807) is 11.7 Å². The lowest BCUT2D eigenvalue weighted by Crippen LogP contribution is -1.98. The molecule has 0 aliphatic heterocycles. The Morgan fingerprint density at radius 2 is 2.15 bits per heavy atom. The van der Waals surface area contributed by atoms with E-state index in [4.69, 9.17) is 17.3 Å². The van der Waals surface area contributed by atoms with E-state index in [1.165, 1.54) is 0 Å². The van der Waals surface area contributed by atoms with Crippen molar-refractivity contribution in [2.45, 2.75) is 0 Å². The van der Waals surface area contributed by atoms with Crippen molar-refractivity contribution < 1.29 is 0 Å². The molecule has 0 saturated heterocycles. The van der Waals surface area contributed by atoms with Gasteiger partial charge in [0.2, 0.25) is 5.28 Å². The predicted molar refractivity (Wildman–Crippen MR) is 53.4 cm³/mol. The second-order valence-corrected chi connectivity index (χ2v) is 3.58. The van der Waals surface area contributed by atoms with Crippen molar-refractivity contribution in [1.29, 1.82) is 0 Å². The van der Waals surface area contributed by atoms with Crippen LogP contribution in [-0.2, 0) is 7.05 Å². The van der Waals surface area contributed by atoms with Crippen molar-refractivity contribution in [2.75, 3.05) is 5.73 Å². The van der Waals surface area contributed by atoms with E-state index in [2.05, 4.69) is 31.0 Å². The predicted octanol–water partition coefficient (Wildman–Crippen LogP) is 1.36. The highest BCUT2D eigenvalue weighted by Crippen LogP contribution is 2.25. The van der Waals surface area contributed by atoms with Crippen molar-refractivity contribution in [1.82, 2.24) is 19.7 Å².